The fourth-order valence-electron chi connectivity index (χ4n) is 11.4. The van der Waals surface area contributed by atoms with Gasteiger partial charge in [-0.25, -0.2) is 0 Å². The van der Waals surface area contributed by atoms with Gasteiger partial charge < -0.3 is 19.6 Å². The Bertz CT molecular complexity index is 3530. The molecule has 5 nitrogen and oxygen atoms in total. The predicted molar refractivity (Wildman–Crippen MR) is 291 cm³/mol. The van der Waals surface area contributed by atoms with E-state index < -0.39 is 0 Å². The zero-order valence-corrected chi connectivity index (χ0v) is 39.5. The molecular formula is C64H53N5. The van der Waals surface area contributed by atoms with Crippen LogP contribution in [0.15, 0.2) is 213 Å². The third-order valence-electron chi connectivity index (χ3n) is 14.9. The van der Waals surface area contributed by atoms with E-state index in [2.05, 4.69) is 248 Å². The van der Waals surface area contributed by atoms with Crippen LogP contribution in [0.3, 0.4) is 0 Å². The molecule has 0 radical (unpaired) electrons. The maximum absolute atomic E-state index is 10.3. The van der Waals surface area contributed by atoms with Crippen molar-refractivity contribution in [1.29, 1.82) is 5.41 Å². The SMILES string of the molecule is C=Cc1ccccc1C(=N)C1=c2ccc(N3c4ccccc4N(C)c4ccccc43)c/c2=C(c2ccc3c(c2)C(C)(C)c2ccccc2-3)/C=C/CC(N2c3ccccc3N(C)c3ccccc32)C=C1. The summed E-state index contributed by atoms with van der Waals surface area (Å²) in [4.78, 5) is 9.48. The molecule has 0 bridgehead atoms. The number of hydrogen-bond donors (Lipinski definition) is 1. The Labute approximate surface area is 405 Å². The third-order valence-corrected chi connectivity index (χ3v) is 14.9. The number of para-hydroxylation sites is 8. The quantitative estimate of drug-likeness (QED) is 0.169. The van der Waals surface area contributed by atoms with Crippen molar-refractivity contribution in [2.24, 2.45) is 0 Å². The standard InChI is InChI=1S/C64H53N5/c1-6-42-20-7-8-22-47(42)63(65)51-39-35-44(68-59-30-15-11-26-55(59)66(4)56-27-12-16-31-60(56)68)21-19-24-46(43-34-37-50-49-23-9-10-25-53(49)64(2,3)54(50)40-43)52-41-45(36-38-48(51)52)69-61-32-17-13-28-57(61)67(5)58-29-14-18-33-62(58)69/h6-20,22-41,44,65H,1,21H2,2-5H3/b24-19+,39-35?,51-48?,52-46+,65-63?. The second-order valence-corrected chi connectivity index (χ2v) is 19.0. The van der Waals surface area contributed by atoms with Gasteiger partial charge in [0.05, 0.1) is 57.3 Å². The molecule has 8 aromatic carbocycles. The zero-order valence-electron chi connectivity index (χ0n) is 39.5. The van der Waals surface area contributed by atoms with Crippen LogP contribution in [0.4, 0.5) is 51.2 Å². The van der Waals surface area contributed by atoms with Crippen LogP contribution in [0.1, 0.15) is 48.1 Å². The molecule has 4 aliphatic rings. The molecule has 1 N–H and O–H groups in total. The number of nitrogens with zero attached hydrogens (tertiary/aromatic N) is 4. The third kappa shape index (κ3) is 6.63. The molecule has 2 aliphatic heterocycles. The molecule has 12 rings (SSSR count). The molecule has 0 saturated carbocycles. The summed E-state index contributed by atoms with van der Waals surface area (Å²) in [6, 6.07) is 65.6. The van der Waals surface area contributed by atoms with Crippen LogP contribution in [0.2, 0.25) is 0 Å². The van der Waals surface area contributed by atoms with Crippen LogP contribution >= 0.6 is 0 Å². The summed E-state index contributed by atoms with van der Waals surface area (Å²) in [6.07, 6.45) is 11.9. The van der Waals surface area contributed by atoms with Crippen LogP contribution in [0.25, 0.3) is 28.3 Å². The molecule has 2 heterocycles. The van der Waals surface area contributed by atoms with Gasteiger partial charge >= 0.3 is 0 Å². The van der Waals surface area contributed by atoms with Gasteiger partial charge in [0.2, 0.25) is 0 Å². The zero-order chi connectivity index (χ0) is 47.0. The highest BCUT2D eigenvalue weighted by molar-refractivity contribution is 6.29. The number of rotatable bonds is 6. The number of fused-ring (bicyclic) bond motifs is 8. The van der Waals surface area contributed by atoms with Gasteiger partial charge in [0.15, 0.2) is 0 Å². The molecular weight excluding hydrogens is 839 g/mol. The highest BCUT2D eigenvalue weighted by atomic mass is 15.3. The molecule has 1 atom stereocenters. The molecule has 1 unspecified atom stereocenters. The number of allylic oxidation sites excluding steroid dienone is 2. The lowest BCUT2D eigenvalue weighted by Gasteiger charge is -2.41. The molecule has 2 aliphatic carbocycles. The fraction of sp³-hybridized carbons (Fsp3) is 0.109. The van der Waals surface area contributed by atoms with Gasteiger partial charge in [-0.05, 0) is 123 Å². The maximum Gasteiger partial charge on any atom is 0.0699 e. The molecule has 8 aromatic rings. The Morgan fingerprint density at radius 1 is 0.565 bits per heavy atom. The van der Waals surface area contributed by atoms with Crippen LogP contribution < -0.4 is 30.0 Å². The van der Waals surface area contributed by atoms with E-state index >= 15 is 0 Å². The highest BCUT2D eigenvalue weighted by Crippen LogP contribution is 2.52. The van der Waals surface area contributed by atoms with E-state index in [1.807, 2.05) is 18.2 Å². The minimum atomic E-state index is -0.191. The molecule has 0 spiro atoms. The van der Waals surface area contributed by atoms with Crippen LogP contribution in [0, 0.1) is 5.41 Å². The molecule has 0 saturated heterocycles. The average Bonchev–Trinajstić information content (AvgIpc) is 3.62. The first-order chi connectivity index (χ1) is 33.7. The number of hydrogen-bond acceptors (Lipinski definition) is 5. The Hall–Kier alpha value is -8.41. The van der Waals surface area contributed by atoms with E-state index in [0.717, 1.165) is 89.5 Å². The Morgan fingerprint density at radius 2 is 1.12 bits per heavy atom. The van der Waals surface area contributed by atoms with E-state index in [1.54, 1.807) is 0 Å². The number of nitrogens with one attached hydrogen (secondary N) is 1. The van der Waals surface area contributed by atoms with Crippen LogP contribution in [-0.4, -0.2) is 25.8 Å². The summed E-state index contributed by atoms with van der Waals surface area (Å²) in [6.45, 7) is 8.91. The lowest BCUT2D eigenvalue weighted by Crippen LogP contribution is -2.36. The largest absolute Gasteiger partial charge is 0.341 e. The van der Waals surface area contributed by atoms with Gasteiger partial charge in [-0.3, -0.25) is 5.41 Å². The van der Waals surface area contributed by atoms with E-state index in [1.165, 1.54) is 22.3 Å². The number of benzene rings is 8. The topological polar surface area (TPSA) is 36.8 Å². The molecule has 5 heteroatoms. The minimum Gasteiger partial charge on any atom is -0.341 e. The van der Waals surface area contributed by atoms with E-state index in [4.69, 9.17) is 0 Å². The molecule has 334 valence electrons. The Balaban J connectivity index is 1.16. The summed E-state index contributed by atoms with van der Waals surface area (Å²) in [5, 5.41) is 12.4. The van der Waals surface area contributed by atoms with E-state index in [9.17, 15) is 5.41 Å². The van der Waals surface area contributed by atoms with Gasteiger partial charge in [0.1, 0.15) is 0 Å². The summed E-state index contributed by atoms with van der Waals surface area (Å²) in [5.74, 6) is 0. The second kappa shape index (κ2) is 16.4. The van der Waals surface area contributed by atoms with Crippen molar-refractivity contribution >= 4 is 74.1 Å². The lowest BCUT2D eigenvalue weighted by atomic mass is 9.81. The van der Waals surface area contributed by atoms with Crippen LogP contribution in [0.5, 0.6) is 0 Å². The van der Waals surface area contributed by atoms with Gasteiger partial charge in [0.25, 0.3) is 0 Å². The predicted octanol–water partition coefficient (Wildman–Crippen LogP) is 14.4. The summed E-state index contributed by atoms with van der Waals surface area (Å²) in [5.41, 5.74) is 20.5. The Morgan fingerprint density at radius 3 is 1.77 bits per heavy atom. The van der Waals surface area contributed by atoms with Crippen molar-refractivity contribution in [3.8, 4) is 11.1 Å². The van der Waals surface area contributed by atoms with Crippen molar-refractivity contribution in [3.63, 3.8) is 0 Å². The molecule has 0 amide bonds. The first kappa shape index (κ1) is 42.0. The first-order valence-electron chi connectivity index (χ1n) is 23.9. The van der Waals surface area contributed by atoms with Crippen molar-refractivity contribution in [1.82, 2.24) is 0 Å². The second-order valence-electron chi connectivity index (χ2n) is 19.0. The van der Waals surface area contributed by atoms with Crippen molar-refractivity contribution in [2.45, 2.75) is 31.7 Å². The normalized spacial score (nSPS) is 17.4. The molecule has 0 fully saturated rings. The van der Waals surface area contributed by atoms with E-state index in [-0.39, 0.29) is 11.5 Å². The Kier molecular flexibility index (Phi) is 9.99. The minimum absolute atomic E-state index is 0.0939. The summed E-state index contributed by atoms with van der Waals surface area (Å²) in [7, 11) is 4.31. The van der Waals surface area contributed by atoms with Crippen LogP contribution in [-0.2, 0) is 5.41 Å². The lowest BCUT2D eigenvalue weighted by molar-refractivity contribution is 0.660. The summed E-state index contributed by atoms with van der Waals surface area (Å²) >= 11 is 0. The van der Waals surface area contributed by atoms with Crippen molar-refractivity contribution in [3.05, 3.63) is 251 Å². The van der Waals surface area contributed by atoms with Gasteiger partial charge in [0, 0.05) is 36.3 Å². The average molecular weight is 892 g/mol. The highest BCUT2D eigenvalue weighted by Gasteiger charge is 2.36. The van der Waals surface area contributed by atoms with Gasteiger partial charge in [-0.1, -0.05) is 166 Å². The monoisotopic (exact) mass is 891 g/mol. The smallest absolute Gasteiger partial charge is 0.0699 e. The molecule has 0 aromatic heterocycles. The first-order valence-corrected chi connectivity index (χ1v) is 23.9. The fourth-order valence-corrected chi connectivity index (χ4v) is 11.4. The van der Waals surface area contributed by atoms with Gasteiger partial charge in [-0.2, -0.15) is 0 Å². The van der Waals surface area contributed by atoms with E-state index in [0.29, 0.717) is 12.1 Å². The molecule has 69 heavy (non-hydrogen) atoms. The van der Waals surface area contributed by atoms with Gasteiger partial charge in [-0.15, -0.1) is 0 Å². The van der Waals surface area contributed by atoms with Crippen molar-refractivity contribution < 1.29 is 0 Å². The van der Waals surface area contributed by atoms with Crippen molar-refractivity contribution in [2.75, 3.05) is 33.7 Å². The summed E-state index contributed by atoms with van der Waals surface area (Å²) < 4.78 is 0. The maximum atomic E-state index is 10.3. The number of anilines is 9.